The van der Waals surface area contributed by atoms with Gasteiger partial charge >= 0.3 is 0 Å². The maximum atomic E-state index is 13.0. The fourth-order valence-electron chi connectivity index (χ4n) is 3.37. The van der Waals surface area contributed by atoms with Gasteiger partial charge in [0.1, 0.15) is 6.04 Å². The van der Waals surface area contributed by atoms with Gasteiger partial charge in [0.25, 0.3) is 0 Å². The zero-order chi connectivity index (χ0) is 20.5. The molecule has 5 nitrogen and oxygen atoms in total. The van der Waals surface area contributed by atoms with E-state index in [4.69, 9.17) is 11.6 Å². The molecule has 0 aliphatic carbocycles. The number of benzene rings is 2. The van der Waals surface area contributed by atoms with Gasteiger partial charge in [-0.05, 0) is 89.4 Å². The van der Waals surface area contributed by atoms with E-state index in [2.05, 4.69) is 41.8 Å². The third kappa shape index (κ3) is 4.53. The Labute approximate surface area is 184 Å². The summed E-state index contributed by atoms with van der Waals surface area (Å²) in [7, 11) is -3.76. The molecule has 0 saturated carbocycles. The molecule has 1 N–H and O–H groups in total. The van der Waals surface area contributed by atoms with Crippen LogP contribution in [0.25, 0.3) is 0 Å². The summed E-state index contributed by atoms with van der Waals surface area (Å²) in [5, 5.41) is 3.42. The average molecular weight is 533 g/mol. The molecule has 28 heavy (non-hydrogen) atoms. The molecule has 1 heterocycles. The molecule has 0 bridgehead atoms. The lowest BCUT2D eigenvalue weighted by molar-refractivity contribution is -0.119. The van der Waals surface area contributed by atoms with Crippen molar-refractivity contribution >= 4 is 55.8 Å². The molecule has 1 saturated heterocycles. The van der Waals surface area contributed by atoms with Gasteiger partial charge < -0.3 is 5.32 Å². The summed E-state index contributed by atoms with van der Waals surface area (Å²) < 4.78 is 28.5. The molecule has 8 heteroatoms. The van der Waals surface area contributed by atoms with Gasteiger partial charge in [0, 0.05) is 20.8 Å². The summed E-state index contributed by atoms with van der Waals surface area (Å²) in [6.45, 7) is 4.45. The molecule has 0 aromatic heterocycles. The maximum absolute atomic E-state index is 13.0. The van der Waals surface area contributed by atoms with Crippen molar-refractivity contribution in [2.45, 2.75) is 43.5 Å². The molecular formula is C20H22ClIN2O3S. The topological polar surface area (TPSA) is 66.5 Å². The van der Waals surface area contributed by atoms with Crippen LogP contribution >= 0.6 is 34.2 Å². The van der Waals surface area contributed by atoms with E-state index in [1.165, 1.54) is 16.4 Å². The zero-order valence-corrected chi connectivity index (χ0v) is 19.4. The smallest absolute Gasteiger partial charge is 0.243 e. The number of sulfonamides is 1. The Balaban J connectivity index is 1.85. The number of hydrogen-bond acceptors (Lipinski definition) is 3. The van der Waals surface area contributed by atoms with Crippen LogP contribution in [0.1, 0.15) is 38.2 Å². The predicted octanol–water partition coefficient (Wildman–Crippen LogP) is 4.86. The van der Waals surface area contributed by atoms with Crippen molar-refractivity contribution in [1.82, 2.24) is 4.31 Å². The first-order valence-corrected chi connectivity index (χ1v) is 12.0. The van der Waals surface area contributed by atoms with Crippen molar-refractivity contribution in [1.29, 1.82) is 0 Å². The number of anilines is 1. The summed E-state index contributed by atoms with van der Waals surface area (Å²) in [6, 6.07) is 11.2. The Kier molecular flexibility index (Phi) is 6.69. The maximum Gasteiger partial charge on any atom is 0.243 e. The van der Waals surface area contributed by atoms with Crippen LogP contribution in [0.3, 0.4) is 0 Å². The zero-order valence-electron chi connectivity index (χ0n) is 15.7. The molecule has 1 aliphatic heterocycles. The van der Waals surface area contributed by atoms with Crippen LogP contribution in [0.5, 0.6) is 0 Å². The van der Waals surface area contributed by atoms with Gasteiger partial charge in [-0.1, -0.05) is 25.4 Å². The number of nitrogens with zero attached hydrogens (tertiary/aromatic N) is 1. The lowest BCUT2D eigenvalue weighted by atomic mass is 10.0. The van der Waals surface area contributed by atoms with Crippen LogP contribution in [0.4, 0.5) is 5.69 Å². The molecule has 1 atom stereocenters. The summed E-state index contributed by atoms with van der Waals surface area (Å²) >= 11 is 8.11. The van der Waals surface area contributed by atoms with Crippen molar-refractivity contribution in [2.75, 3.05) is 11.9 Å². The number of carbonyl (C=O) groups excluding carboxylic acids is 1. The molecule has 150 valence electrons. The molecule has 0 unspecified atom stereocenters. The van der Waals surface area contributed by atoms with E-state index in [1.54, 1.807) is 12.1 Å². The minimum Gasteiger partial charge on any atom is -0.324 e. The summed E-state index contributed by atoms with van der Waals surface area (Å²) in [4.78, 5) is 13.1. The Morgan fingerprint density at radius 2 is 1.89 bits per heavy atom. The second kappa shape index (κ2) is 8.69. The highest BCUT2D eigenvalue weighted by molar-refractivity contribution is 14.1. The highest BCUT2D eigenvalue weighted by Crippen LogP contribution is 2.30. The van der Waals surface area contributed by atoms with E-state index in [9.17, 15) is 13.2 Å². The number of carbonyl (C=O) groups is 1. The van der Waals surface area contributed by atoms with Crippen LogP contribution in [0.2, 0.25) is 5.02 Å². The lowest BCUT2D eigenvalue weighted by Crippen LogP contribution is -2.43. The quantitative estimate of drug-likeness (QED) is 0.560. The number of rotatable bonds is 5. The van der Waals surface area contributed by atoms with Gasteiger partial charge in [0.15, 0.2) is 0 Å². The summed E-state index contributed by atoms with van der Waals surface area (Å²) in [5.41, 5.74) is 1.77. The standard InChI is InChI=1S/C20H22ClIN2O3S/c1-13(2)17-12-15(22)7-10-18(17)23-20(25)19-4-3-11-24(19)28(26,27)16-8-5-14(21)6-9-16/h5-10,12-13,19H,3-4,11H2,1-2H3,(H,23,25)/t19-/m0/s1. The Hall–Kier alpha value is -1.16. The van der Waals surface area contributed by atoms with Crippen LogP contribution in [0.15, 0.2) is 47.4 Å². The minimum atomic E-state index is -3.76. The molecule has 1 fully saturated rings. The van der Waals surface area contributed by atoms with Gasteiger partial charge in [-0.2, -0.15) is 4.31 Å². The first-order chi connectivity index (χ1) is 13.2. The molecule has 0 radical (unpaired) electrons. The molecule has 2 aromatic carbocycles. The van der Waals surface area contributed by atoms with Crippen molar-refractivity contribution in [3.8, 4) is 0 Å². The largest absolute Gasteiger partial charge is 0.324 e. The Morgan fingerprint density at radius 1 is 1.21 bits per heavy atom. The van der Waals surface area contributed by atoms with Crippen LogP contribution in [-0.4, -0.2) is 31.2 Å². The van der Waals surface area contributed by atoms with Gasteiger partial charge in [0.2, 0.25) is 15.9 Å². The Morgan fingerprint density at radius 3 is 2.54 bits per heavy atom. The first kappa shape index (κ1) is 21.5. The van der Waals surface area contributed by atoms with E-state index >= 15 is 0 Å². The normalized spacial score (nSPS) is 17.8. The average Bonchev–Trinajstić information content (AvgIpc) is 3.14. The summed E-state index contributed by atoms with van der Waals surface area (Å²) in [6.07, 6.45) is 1.15. The number of nitrogens with one attached hydrogen (secondary N) is 1. The van der Waals surface area contributed by atoms with E-state index in [0.717, 1.165) is 14.8 Å². The van der Waals surface area contributed by atoms with E-state index in [0.29, 0.717) is 24.4 Å². The summed E-state index contributed by atoms with van der Waals surface area (Å²) in [5.74, 6) is -0.0550. The minimum absolute atomic E-state index is 0.147. The second-order valence-electron chi connectivity index (χ2n) is 7.10. The van der Waals surface area contributed by atoms with E-state index < -0.39 is 16.1 Å². The van der Waals surface area contributed by atoms with Crippen LogP contribution in [-0.2, 0) is 14.8 Å². The van der Waals surface area contributed by atoms with Crippen molar-refractivity contribution < 1.29 is 13.2 Å². The highest BCUT2D eigenvalue weighted by atomic mass is 127. The van der Waals surface area contributed by atoms with Gasteiger partial charge in [-0.3, -0.25) is 4.79 Å². The lowest BCUT2D eigenvalue weighted by Gasteiger charge is -2.24. The molecule has 2 aromatic rings. The molecule has 1 amide bonds. The van der Waals surface area contributed by atoms with Crippen LogP contribution in [0, 0.1) is 3.57 Å². The van der Waals surface area contributed by atoms with E-state index in [1.807, 2.05) is 18.2 Å². The van der Waals surface area contributed by atoms with Crippen molar-refractivity contribution in [2.24, 2.45) is 0 Å². The van der Waals surface area contributed by atoms with Gasteiger partial charge in [-0.25, -0.2) is 8.42 Å². The molecule has 3 rings (SSSR count). The van der Waals surface area contributed by atoms with Crippen molar-refractivity contribution in [3.05, 3.63) is 56.6 Å². The van der Waals surface area contributed by atoms with E-state index in [-0.39, 0.29) is 16.7 Å². The first-order valence-electron chi connectivity index (χ1n) is 9.08. The predicted molar refractivity (Wildman–Crippen MR) is 120 cm³/mol. The van der Waals surface area contributed by atoms with Crippen molar-refractivity contribution in [3.63, 3.8) is 0 Å². The molecule has 0 spiro atoms. The number of amides is 1. The number of halogens is 2. The molecular weight excluding hydrogens is 511 g/mol. The fraction of sp³-hybridized carbons (Fsp3) is 0.350. The van der Waals surface area contributed by atoms with Crippen LogP contribution < -0.4 is 5.32 Å². The second-order valence-corrected chi connectivity index (χ2v) is 10.7. The Bertz CT molecular complexity index is 977. The number of hydrogen-bond donors (Lipinski definition) is 1. The third-order valence-electron chi connectivity index (χ3n) is 4.82. The fourth-order valence-corrected chi connectivity index (χ4v) is 5.67. The van der Waals surface area contributed by atoms with Gasteiger partial charge in [0.05, 0.1) is 4.90 Å². The third-order valence-corrected chi connectivity index (χ3v) is 7.67. The SMILES string of the molecule is CC(C)c1cc(I)ccc1NC(=O)[C@@H]1CCCN1S(=O)(=O)c1ccc(Cl)cc1. The molecule has 1 aliphatic rings. The monoisotopic (exact) mass is 532 g/mol. The highest BCUT2D eigenvalue weighted by Gasteiger charge is 2.39. The van der Waals surface area contributed by atoms with Gasteiger partial charge in [-0.15, -0.1) is 0 Å².